The van der Waals surface area contributed by atoms with E-state index in [9.17, 15) is 0 Å². The van der Waals surface area contributed by atoms with Gasteiger partial charge in [-0.2, -0.15) is 10.5 Å². The monoisotopic (exact) mass is 262 g/mol. The van der Waals surface area contributed by atoms with E-state index < -0.39 is 0 Å². The van der Waals surface area contributed by atoms with E-state index >= 15 is 0 Å². The van der Waals surface area contributed by atoms with Crippen molar-refractivity contribution in [3.05, 3.63) is 72.3 Å². The Hall–Kier alpha value is -2.98. The molecule has 0 aliphatic carbocycles. The van der Waals surface area contributed by atoms with Gasteiger partial charge < -0.3 is 0 Å². The van der Waals surface area contributed by atoms with Crippen LogP contribution in [-0.2, 0) is 13.1 Å². The van der Waals surface area contributed by atoms with Crippen molar-refractivity contribution in [1.29, 1.82) is 10.5 Å². The van der Waals surface area contributed by atoms with Crippen LogP contribution in [0.2, 0.25) is 0 Å². The minimum absolute atomic E-state index is 0.665. The lowest BCUT2D eigenvalue weighted by Gasteiger charge is -1.92. The van der Waals surface area contributed by atoms with Crippen LogP contribution in [0, 0.1) is 22.7 Å². The molecule has 0 saturated carbocycles. The average molecular weight is 262 g/mol. The van der Waals surface area contributed by atoms with Gasteiger partial charge in [0.25, 0.3) is 0 Å². The number of nitrogens with zero attached hydrogens (tertiary/aromatic N) is 4. The van der Waals surface area contributed by atoms with Crippen LogP contribution in [0.3, 0.4) is 0 Å². The van der Waals surface area contributed by atoms with Crippen molar-refractivity contribution in [1.82, 2.24) is 0 Å². The molecular weight excluding hydrogens is 248 g/mol. The topological polar surface area (TPSA) is 55.3 Å². The minimum Gasteiger partial charge on any atom is -0.201 e. The zero-order valence-corrected chi connectivity index (χ0v) is 11.0. The van der Waals surface area contributed by atoms with Crippen LogP contribution in [0.15, 0.2) is 61.2 Å². The third-order valence-corrected chi connectivity index (χ3v) is 2.84. The first-order chi connectivity index (χ1) is 9.81. The molecule has 2 heterocycles. The summed E-state index contributed by atoms with van der Waals surface area (Å²) in [6, 6.07) is 11.4. The van der Waals surface area contributed by atoms with E-state index in [0.29, 0.717) is 11.1 Å². The Bertz CT molecular complexity index is 609. The number of aromatic nitrogens is 2. The standard InChI is InChI=1S/C16H14N4/c17-13-15-3-9-19(10-4-15)7-1-2-8-20-11-5-16(14-18)6-12-20/h1-6,9-12H,7-8H2/q+2/b2-1+. The van der Waals surface area contributed by atoms with Crippen molar-refractivity contribution in [2.45, 2.75) is 13.1 Å². The molecule has 0 spiro atoms. The smallest absolute Gasteiger partial charge is 0.170 e. The van der Waals surface area contributed by atoms with Crippen LogP contribution in [0.25, 0.3) is 0 Å². The Kier molecular flexibility index (Phi) is 4.59. The van der Waals surface area contributed by atoms with Crippen molar-refractivity contribution in [2.24, 2.45) is 0 Å². The Balaban J connectivity index is 1.87. The van der Waals surface area contributed by atoms with Crippen LogP contribution < -0.4 is 9.13 Å². The first-order valence-corrected chi connectivity index (χ1v) is 6.25. The van der Waals surface area contributed by atoms with Gasteiger partial charge in [0.2, 0.25) is 0 Å². The molecule has 0 radical (unpaired) electrons. The molecule has 0 aromatic carbocycles. The van der Waals surface area contributed by atoms with E-state index in [1.54, 1.807) is 24.3 Å². The maximum Gasteiger partial charge on any atom is 0.170 e. The van der Waals surface area contributed by atoms with Gasteiger partial charge in [-0.3, -0.25) is 0 Å². The van der Waals surface area contributed by atoms with Crippen LogP contribution >= 0.6 is 0 Å². The molecule has 0 saturated heterocycles. The molecule has 0 N–H and O–H groups in total. The van der Waals surface area contributed by atoms with Gasteiger partial charge in [0.15, 0.2) is 37.9 Å². The highest BCUT2D eigenvalue weighted by atomic mass is 14.9. The highest BCUT2D eigenvalue weighted by molar-refractivity contribution is 5.24. The highest BCUT2D eigenvalue weighted by Crippen LogP contribution is 1.92. The SMILES string of the molecule is N#Cc1cc[n+](C/C=C/C[n+]2ccc(C#N)cc2)cc1. The molecule has 2 rings (SSSR count). The van der Waals surface area contributed by atoms with Crippen LogP contribution in [0.4, 0.5) is 0 Å². The zero-order valence-electron chi connectivity index (χ0n) is 11.0. The van der Waals surface area contributed by atoms with Crippen molar-refractivity contribution in [3.63, 3.8) is 0 Å². The summed E-state index contributed by atoms with van der Waals surface area (Å²) >= 11 is 0. The summed E-state index contributed by atoms with van der Waals surface area (Å²) in [5.74, 6) is 0. The summed E-state index contributed by atoms with van der Waals surface area (Å²) in [5, 5.41) is 17.4. The average Bonchev–Trinajstić information content (AvgIpc) is 2.53. The molecule has 20 heavy (non-hydrogen) atoms. The molecule has 0 amide bonds. The van der Waals surface area contributed by atoms with Crippen LogP contribution in [0.1, 0.15) is 11.1 Å². The molecule has 2 aromatic rings. The van der Waals surface area contributed by atoms with Gasteiger partial charge in [0.1, 0.15) is 0 Å². The first-order valence-electron chi connectivity index (χ1n) is 6.25. The van der Waals surface area contributed by atoms with Gasteiger partial charge in [-0.05, 0) is 12.2 Å². The molecule has 0 aliphatic heterocycles. The number of hydrogen-bond donors (Lipinski definition) is 0. The lowest BCUT2D eigenvalue weighted by molar-refractivity contribution is -0.691. The van der Waals surface area contributed by atoms with Crippen molar-refractivity contribution in [3.8, 4) is 12.1 Å². The lowest BCUT2D eigenvalue weighted by Crippen LogP contribution is -2.33. The molecule has 0 aliphatic rings. The summed E-state index contributed by atoms with van der Waals surface area (Å²) in [4.78, 5) is 0. The predicted molar refractivity (Wildman–Crippen MR) is 71.8 cm³/mol. The minimum atomic E-state index is 0.665. The van der Waals surface area contributed by atoms with Crippen molar-refractivity contribution < 1.29 is 9.13 Å². The highest BCUT2D eigenvalue weighted by Gasteiger charge is 1.99. The van der Waals surface area contributed by atoms with Gasteiger partial charge >= 0.3 is 0 Å². The number of allylic oxidation sites excluding steroid dienone is 2. The van der Waals surface area contributed by atoms with Gasteiger partial charge in [-0.25, -0.2) is 9.13 Å². The number of nitriles is 2. The van der Waals surface area contributed by atoms with Crippen molar-refractivity contribution >= 4 is 0 Å². The summed E-state index contributed by atoms with van der Waals surface area (Å²) in [7, 11) is 0. The van der Waals surface area contributed by atoms with Crippen LogP contribution in [-0.4, -0.2) is 0 Å². The largest absolute Gasteiger partial charge is 0.201 e. The summed E-state index contributed by atoms with van der Waals surface area (Å²) < 4.78 is 4.00. The van der Waals surface area contributed by atoms with Crippen molar-refractivity contribution in [2.75, 3.05) is 0 Å². The fraction of sp³-hybridized carbons (Fsp3) is 0.125. The second-order valence-electron chi connectivity index (χ2n) is 4.26. The lowest BCUT2D eigenvalue weighted by atomic mass is 10.3. The van der Waals surface area contributed by atoms with Gasteiger partial charge in [0, 0.05) is 24.3 Å². The second kappa shape index (κ2) is 6.82. The van der Waals surface area contributed by atoms with Gasteiger partial charge in [-0.15, -0.1) is 0 Å². The van der Waals surface area contributed by atoms with E-state index in [0.717, 1.165) is 13.1 Å². The molecular formula is C16H14N4+2. The molecule has 2 aromatic heterocycles. The third kappa shape index (κ3) is 3.76. The normalized spacial score (nSPS) is 10.1. The molecule has 0 bridgehead atoms. The first kappa shape index (κ1) is 13.5. The van der Waals surface area contributed by atoms with Crippen LogP contribution in [0.5, 0.6) is 0 Å². The molecule has 4 nitrogen and oxygen atoms in total. The quantitative estimate of drug-likeness (QED) is 0.615. The molecule has 4 heteroatoms. The van der Waals surface area contributed by atoms with E-state index in [1.807, 2.05) is 33.9 Å². The summed E-state index contributed by atoms with van der Waals surface area (Å²) in [5.41, 5.74) is 1.33. The number of pyridine rings is 2. The fourth-order valence-electron chi connectivity index (χ4n) is 1.70. The Labute approximate surface area is 118 Å². The van der Waals surface area contributed by atoms with E-state index in [4.69, 9.17) is 10.5 Å². The maximum atomic E-state index is 8.71. The Morgan fingerprint density at radius 2 is 1.10 bits per heavy atom. The summed E-state index contributed by atoms with van der Waals surface area (Å²) in [6.45, 7) is 1.53. The number of hydrogen-bond acceptors (Lipinski definition) is 2. The maximum absolute atomic E-state index is 8.71. The molecule has 0 atom stereocenters. The van der Waals surface area contributed by atoms with E-state index in [2.05, 4.69) is 24.3 Å². The number of rotatable bonds is 4. The zero-order chi connectivity index (χ0) is 14.2. The fourth-order valence-corrected chi connectivity index (χ4v) is 1.70. The van der Waals surface area contributed by atoms with Gasteiger partial charge in [0.05, 0.1) is 23.3 Å². The molecule has 0 unspecified atom stereocenters. The van der Waals surface area contributed by atoms with E-state index in [-0.39, 0.29) is 0 Å². The third-order valence-electron chi connectivity index (χ3n) is 2.84. The second-order valence-corrected chi connectivity index (χ2v) is 4.26. The van der Waals surface area contributed by atoms with E-state index in [1.165, 1.54) is 0 Å². The van der Waals surface area contributed by atoms with Gasteiger partial charge in [-0.1, -0.05) is 0 Å². The Morgan fingerprint density at radius 3 is 1.40 bits per heavy atom. The molecule has 96 valence electrons. The predicted octanol–water partition coefficient (Wildman–Crippen LogP) is 1.26. The Morgan fingerprint density at radius 1 is 0.750 bits per heavy atom. The summed E-state index contributed by atoms with van der Waals surface area (Å²) in [6.07, 6.45) is 11.7. The molecule has 0 fully saturated rings.